The van der Waals surface area contributed by atoms with E-state index in [9.17, 15) is 9.59 Å². The van der Waals surface area contributed by atoms with Gasteiger partial charge in [0.2, 0.25) is 5.91 Å². The number of aromatic nitrogens is 4. The highest BCUT2D eigenvalue weighted by Crippen LogP contribution is 2.17. The molecule has 0 spiro atoms. The number of hydrogen-bond acceptors (Lipinski definition) is 5. The second-order valence-corrected chi connectivity index (χ2v) is 5.99. The number of thioether (sulfide) groups is 1. The highest BCUT2D eigenvalue weighted by molar-refractivity contribution is 7.99. The van der Waals surface area contributed by atoms with Crippen LogP contribution >= 0.6 is 11.8 Å². The fourth-order valence-electron chi connectivity index (χ4n) is 2.12. The van der Waals surface area contributed by atoms with Crippen molar-refractivity contribution in [2.45, 2.75) is 12.1 Å². The van der Waals surface area contributed by atoms with Crippen molar-refractivity contribution in [2.24, 2.45) is 7.05 Å². The summed E-state index contributed by atoms with van der Waals surface area (Å²) in [6.45, 7) is 1.85. The topological polar surface area (TPSA) is 92.7 Å². The van der Waals surface area contributed by atoms with Gasteiger partial charge in [0.25, 0.3) is 5.56 Å². The summed E-state index contributed by atoms with van der Waals surface area (Å²) in [7, 11) is 1.65. The summed E-state index contributed by atoms with van der Waals surface area (Å²) in [4.78, 5) is 28.7. The maximum atomic E-state index is 12.3. The number of para-hydroxylation sites is 1. The molecule has 2 aromatic heterocycles. The second-order valence-electron chi connectivity index (χ2n) is 5.05. The Morgan fingerprint density at radius 3 is 2.91 bits per heavy atom. The number of nitrogens with one attached hydrogen (secondary N) is 2. The van der Waals surface area contributed by atoms with Gasteiger partial charge in [0, 0.05) is 18.8 Å². The number of nitrogens with zero attached hydrogens (tertiary/aromatic N) is 3. The molecule has 7 nitrogen and oxygen atoms in total. The van der Waals surface area contributed by atoms with E-state index in [-0.39, 0.29) is 17.2 Å². The molecule has 0 saturated carbocycles. The van der Waals surface area contributed by atoms with Gasteiger partial charge < -0.3 is 5.32 Å². The Morgan fingerprint density at radius 2 is 2.17 bits per heavy atom. The third-order valence-corrected chi connectivity index (χ3v) is 4.28. The molecule has 1 aromatic carbocycles. The van der Waals surface area contributed by atoms with Gasteiger partial charge in [0.1, 0.15) is 0 Å². The van der Waals surface area contributed by atoms with Gasteiger partial charge in [-0.05, 0) is 19.1 Å². The quantitative estimate of drug-likeness (QED) is 0.561. The van der Waals surface area contributed by atoms with Crippen LogP contribution in [0.5, 0.6) is 0 Å². The van der Waals surface area contributed by atoms with Crippen LogP contribution in [0, 0.1) is 6.92 Å². The standard InChI is InChI=1S/C15H15N5O2S/c1-9-7-12(19-18-9)17-13(21)8-23-15-16-11-6-4-3-5-10(11)14(22)20(15)2/h3-7H,8H2,1-2H3,(H2,17,18,19,21). The number of carbonyl (C=O) groups is 1. The number of benzene rings is 1. The zero-order valence-electron chi connectivity index (χ0n) is 12.7. The SMILES string of the molecule is Cc1cc(NC(=O)CSc2nc3ccccc3c(=O)n2C)n[nH]1. The number of H-pyrrole nitrogens is 1. The first kappa shape index (κ1) is 15.3. The predicted molar refractivity (Wildman–Crippen MR) is 89.7 cm³/mol. The lowest BCUT2D eigenvalue weighted by Gasteiger charge is -2.08. The fourth-order valence-corrected chi connectivity index (χ4v) is 2.89. The molecule has 0 atom stereocenters. The summed E-state index contributed by atoms with van der Waals surface area (Å²) in [6.07, 6.45) is 0. The Bertz CT molecular complexity index is 931. The van der Waals surface area contributed by atoms with Crippen molar-refractivity contribution in [1.82, 2.24) is 19.7 Å². The summed E-state index contributed by atoms with van der Waals surface area (Å²) in [6, 6.07) is 8.90. The number of anilines is 1. The average molecular weight is 329 g/mol. The average Bonchev–Trinajstić information content (AvgIpc) is 2.94. The maximum absolute atomic E-state index is 12.3. The van der Waals surface area contributed by atoms with Crippen LogP contribution in [0.3, 0.4) is 0 Å². The third kappa shape index (κ3) is 3.26. The molecule has 118 valence electrons. The van der Waals surface area contributed by atoms with E-state index in [1.165, 1.54) is 16.3 Å². The minimum atomic E-state index is -0.205. The molecule has 3 aromatic rings. The molecule has 1 amide bonds. The molecule has 0 unspecified atom stereocenters. The predicted octanol–water partition coefficient (Wildman–Crippen LogP) is 1.70. The van der Waals surface area contributed by atoms with E-state index >= 15 is 0 Å². The van der Waals surface area contributed by atoms with Crippen LogP contribution < -0.4 is 10.9 Å². The van der Waals surface area contributed by atoms with Crippen LogP contribution in [0.1, 0.15) is 5.69 Å². The third-order valence-electron chi connectivity index (χ3n) is 3.25. The molecule has 3 rings (SSSR count). The first-order chi connectivity index (χ1) is 11.0. The minimum absolute atomic E-state index is 0.124. The normalized spacial score (nSPS) is 10.9. The molecule has 23 heavy (non-hydrogen) atoms. The Morgan fingerprint density at radius 1 is 1.39 bits per heavy atom. The molecule has 0 saturated heterocycles. The monoisotopic (exact) mass is 329 g/mol. The van der Waals surface area contributed by atoms with Gasteiger partial charge in [0.05, 0.1) is 16.7 Å². The Hall–Kier alpha value is -2.61. The molecular weight excluding hydrogens is 314 g/mol. The summed E-state index contributed by atoms with van der Waals surface area (Å²) in [5.41, 5.74) is 1.37. The highest BCUT2D eigenvalue weighted by Gasteiger charge is 2.11. The van der Waals surface area contributed by atoms with E-state index < -0.39 is 0 Å². The van der Waals surface area contributed by atoms with E-state index in [1.807, 2.05) is 13.0 Å². The van der Waals surface area contributed by atoms with Crippen LogP contribution in [0.2, 0.25) is 0 Å². The van der Waals surface area contributed by atoms with Gasteiger partial charge in [-0.25, -0.2) is 4.98 Å². The smallest absolute Gasteiger partial charge is 0.261 e. The van der Waals surface area contributed by atoms with E-state index in [0.29, 0.717) is 21.9 Å². The molecule has 0 aliphatic carbocycles. The summed E-state index contributed by atoms with van der Waals surface area (Å²) >= 11 is 1.21. The van der Waals surface area contributed by atoms with Gasteiger partial charge in [-0.1, -0.05) is 23.9 Å². The summed E-state index contributed by atoms with van der Waals surface area (Å²) in [5, 5.41) is 10.5. The zero-order valence-corrected chi connectivity index (χ0v) is 13.5. The Labute approximate surface area is 136 Å². The molecule has 2 N–H and O–H groups in total. The van der Waals surface area contributed by atoms with Crippen molar-refractivity contribution < 1.29 is 4.79 Å². The van der Waals surface area contributed by atoms with Crippen LogP contribution in [-0.2, 0) is 11.8 Å². The first-order valence-corrected chi connectivity index (χ1v) is 7.93. The fraction of sp³-hybridized carbons (Fsp3) is 0.200. The lowest BCUT2D eigenvalue weighted by molar-refractivity contribution is -0.113. The molecule has 0 aliphatic rings. The van der Waals surface area contributed by atoms with E-state index in [2.05, 4.69) is 20.5 Å². The number of fused-ring (bicyclic) bond motifs is 1. The van der Waals surface area contributed by atoms with Crippen LogP contribution in [0.25, 0.3) is 10.9 Å². The number of hydrogen-bond donors (Lipinski definition) is 2. The van der Waals surface area contributed by atoms with E-state index in [4.69, 9.17) is 0 Å². The molecule has 0 radical (unpaired) electrons. The second kappa shape index (κ2) is 6.25. The van der Waals surface area contributed by atoms with Crippen molar-refractivity contribution in [3.8, 4) is 0 Å². The lowest BCUT2D eigenvalue weighted by atomic mass is 10.2. The Kier molecular flexibility index (Phi) is 4.16. The van der Waals surface area contributed by atoms with Gasteiger partial charge in [-0.15, -0.1) is 0 Å². The van der Waals surface area contributed by atoms with Gasteiger partial charge in [-0.3, -0.25) is 19.3 Å². The maximum Gasteiger partial charge on any atom is 0.261 e. The van der Waals surface area contributed by atoms with Crippen LogP contribution in [-0.4, -0.2) is 31.4 Å². The van der Waals surface area contributed by atoms with E-state index in [1.54, 1.807) is 31.3 Å². The largest absolute Gasteiger partial charge is 0.308 e. The molecule has 0 aliphatic heterocycles. The number of rotatable bonds is 4. The number of amides is 1. The van der Waals surface area contributed by atoms with Crippen molar-refractivity contribution in [1.29, 1.82) is 0 Å². The molecular formula is C15H15N5O2S. The summed E-state index contributed by atoms with van der Waals surface area (Å²) in [5.74, 6) is 0.419. The highest BCUT2D eigenvalue weighted by atomic mass is 32.2. The van der Waals surface area contributed by atoms with Gasteiger partial charge in [-0.2, -0.15) is 5.10 Å². The number of aryl methyl sites for hydroxylation is 1. The van der Waals surface area contributed by atoms with Crippen LogP contribution in [0.4, 0.5) is 5.82 Å². The molecule has 8 heteroatoms. The number of carbonyl (C=O) groups excluding carboxylic acids is 1. The molecule has 0 fully saturated rings. The molecule has 2 heterocycles. The van der Waals surface area contributed by atoms with E-state index in [0.717, 1.165) is 5.69 Å². The van der Waals surface area contributed by atoms with Crippen molar-refractivity contribution >= 4 is 34.4 Å². The zero-order chi connectivity index (χ0) is 16.4. The van der Waals surface area contributed by atoms with Crippen molar-refractivity contribution in [3.05, 3.63) is 46.4 Å². The van der Waals surface area contributed by atoms with Gasteiger partial charge >= 0.3 is 0 Å². The first-order valence-electron chi connectivity index (χ1n) is 6.95. The Balaban J connectivity index is 1.75. The van der Waals surface area contributed by atoms with Crippen molar-refractivity contribution in [2.75, 3.05) is 11.1 Å². The minimum Gasteiger partial charge on any atom is -0.308 e. The number of aromatic amines is 1. The lowest BCUT2D eigenvalue weighted by Crippen LogP contribution is -2.21. The summed E-state index contributed by atoms with van der Waals surface area (Å²) < 4.78 is 1.46. The van der Waals surface area contributed by atoms with Gasteiger partial charge in [0.15, 0.2) is 11.0 Å². The molecule has 0 bridgehead atoms. The van der Waals surface area contributed by atoms with Crippen molar-refractivity contribution in [3.63, 3.8) is 0 Å². The van der Waals surface area contributed by atoms with Crippen LogP contribution in [0.15, 0.2) is 40.3 Å².